The summed E-state index contributed by atoms with van der Waals surface area (Å²) in [6.07, 6.45) is 2.28. The molecule has 1 N–H and O–H groups in total. The molecule has 4 heteroatoms. The highest BCUT2D eigenvalue weighted by molar-refractivity contribution is 5.72. The maximum Gasteiger partial charge on any atom is 0.216 e. The molecule has 98 valence electrons. The Hall–Kier alpha value is -0.610. The van der Waals surface area contributed by atoms with Gasteiger partial charge in [-0.25, -0.2) is 0 Å². The molecular formula is C12H28N2O2. The molecule has 1 fully saturated rings. The first kappa shape index (κ1) is 15.4. The summed E-state index contributed by atoms with van der Waals surface area (Å²) in [4.78, 5) is 12.9. The molecule has 1 amide bonds. The van der Waals surface area contributed by atoms with Crippen molar-refractivity contribution in [3.63, 3.8) is 0 Å². The molecule has 0 atom stereocenters. The van der Waals surface area contributed by atoms with Crippen LogP contribution in [0, 0.1) is 0 Å². The van der Waals surface area contributed by atoms with Crippen LogP contribution in [0.4, 0.5) is 0 Å². The van der Waals surface area contributed by atoms with Crippen LogP contribution in [0.2, 0.25) is 0 Å². The lowest BCUT2D eigenvalue weighted by Crippen LogP contribution is -2.38. The molecular weight excluding hydrogens is 204 g/mol. The summed E-state index contributed by atoms with van der Waals surface area (Å²) in [6, 6.07) is 0. The standard InChI is InChI=1S/C9H18N2O2.C3H8.H2/c1-9(12)10-3-2-4-11-5-7-13-8-6-11;1-3-2;/h2-8H2,1H3,(H,10,12);3H2,1-2H3;1H. The molecule has 1 aliphatic heterocycles. The number of amides is 1. The molecule has 1 heterocycles. The lowest BCUT2D eigenvalue weighted by atomic mass is 10.3. The predicted octanol–water partition coefficient (Wildman–Crippen LogP) is 1.51. The van der Waals surface area contributed by atoms with Gasteiger partial charge < -0.3 is 10.1 Å². The minimum atomic E-state index is 0. The van der Waals surface area contributed by atoms with Crippen LogP contribution in [0.3, 0.4) is 0 Å². The molecule has 0 aromatic rings. The molecule has 0 bridgehead atoms. The van der Waals surface area contributed by atoms with E-state index >= 15 is 0 Å². The van der Waals surface area contributed by atoms with E-state index < -0.39 is 0 Å². The number of carbonyl (C=O) groups excluding carboxylic acids is 1. The minimum absolute atomic E-state index is 0. The third-order valence-electron chi connectivity index (χ3n) is 2.13. The van der Waals surface area contributed by atoms with Gasteiger partial charge >= 0.3 is 0 Å². The van der Waals surface area contributed by atoms with Gasteiger partial charge in [0.05, 0.1) is 13.2 Å². The van der Waals surface area contributed by atoms with Crippen LogP contribution >= 0.6 is 0 Å². The van der Waals surface area contributed by atoms with Gasteiger partial charge in [0.2, 0.25) is 5.91 Å². The number of hydrogen-bond donors (Lipinski definition) is 1. The highest BCUT2D eigenvalue weighted by Crippen LogP contribution is 1.96. The number of ether oxygens (including phenoxy) is 1. The maximum absolute atomic E-state index is 10.6. The first-order chi connectivity index (χ1) is 7.70. The summed E-state index contributed by atoms with van der Waals surface area (Å²) < 4.78 is 5.23. The van der Waals surface area contributed by atoms with Crippen molar-refractivity contribution in [2.75, 3.05) is 39.4 Å². The minimum Gasteiger partial charge on any atom is -0.379 e. The van der Waals surface area contributed by atoms with E-state index in [0.29, 0.717) is 0 Å². The molecule has 1 rings (SSSR count). The Balaban J connectivity index is 0. The summed E-state index contributed by atoms with van der Waals surface area (Å²) in [7, 11) is 0. The largest absolute Gasteiger partial charge is 0.379 e. The zero-order chi connectivity index (χ0) is 12.2. The molecule has 4 nitrogen and oxygen atoms in total. The zero-order valence-corrected chi connectivity index (χ0v) is 10.9. The van der Waals surface area contributed by atoms with Gasteiger partial charge in [0.25, 0.3) is 0 Å². The Morgan fingerprint density at radius 2 is 1.94 bits per heavy atom. The molecule has 0 spiro atoms. The van der Waals surface area contributed by atoms with Crippen molar-refractivity contribution in [3.8, 4) is 0 Å². The van der Waals surface area contributed by atoms with Crippen LogP contribution < -0.4 is 5.32 Å². The number of nitrogens with zero attached hydrogens (tertiary/aromatic N) is 1. The van der Waals surface area contributed by atoms with Crippen LogP contribution in [-0.2, 0) is 9.53 Å². The second-order valence-electron chi connectivity index (χ2n) is 4.00. The predicted molar refractivity (Wildman–Crippen MR) is 68.6 cm³/mol. The average Bonchev–Trinajstić information content (AvgIpc) is 2.27. The van der Waals surface area contributed by atoms with Crippen LogP contribution in [0.25, 0.3) is 0 Å². The summed E-state index contributed by atoms with van der Waals surface area (Å²) in [5, 5.41) is 2.79. The van der Waals surface area contributed by atoms with E-state index in [-0.39, 0.29) is 7.33 Å². The number of carbonyl (C=O) groups is 1. The van der Waals surface area contributed by atoms with Gasteiger partial charge in [-0.1, -0.05) is 20.3 Å². The van der Waals surface area contributed by atoms with Gasteiger partial charge in [-0.15, -0.1) is 0 Å². The van der Waals surface area contributed by atoms with Gasteiger partial charge in [-0.3, -0.25) is 9.69 Å². The van der Waals surface area contributed by atoms with E-state index in [1.165, 1.54) is 6.42 Å². The van der Waals surface area contributed by atoms with Crippen LogP contribution in [0.5, 0.6) is 0 Å². The first-order valence-electron chi connectivity index (χ1n) is 6.25. The monoisotopic (exact) mass is 232 g/mol. The number of nitrogens with one attached hydrogen (secondary N) is 1. The average molecular weight is 232 g/mol. The summed E-state index contributed by atoms with van der Waals surface area (Å²) in [5.74, 6) is 0.0574. The van der Waals surface area contributed by atoms with E-state index in [1.807, 2.05) is 0 Å². The fraction of sp³-hybridized carbons (Fsp3) is 0.917. The molecule has 0 aromatic heterocycles. The van der Waals surface area contributed by atoms with Crippen molar-refractivity contribution >= 4 is 5.91 Å². The molecule has 0 aromatic carbocycles. The molecule has 0 aliphatic carbocycles. The third kappa shape index (κ3) is 9.93. The molecule has 0 saturated carbocycles. The van der Waals surface area contributed by atoms with Crippen molar-refractivity contribution < 1.29 is 11.0 Å². The topological polar surface area (TPSA) is 41.6 Å². The van der Waals surface area contributed by atoms with Crippen molar-refractivity contribution in [2.24, 2.45) is 0 Å². The Morgan fingerprint density at radius 1 is 1.38 bits per heavy atom. The fourth-order valence-corrected chi connectivity index (χ4v) is 1.39. The Kier molecular flexibility index (Phi) is 10.5. The maximum atomic E-state index is 10.6. The highest BCUT2D eigenvalue weighted by Gasteiger charge is 2.08. The van der Waals surface area contributed by atoms with Crippen LogP contribution in [0.1, 0.15) is 35.0 Å². The number of hydrogen-bond acceptors (Lipinski definition) is 3. The smallest absolute Gasteiger partial charge is 0.216 e. The van der Waals surface area contributed by atoms with Crippen molar-refractivity contribution in [3.05, 3.63) is 0 Å². The van der Waals surface area contributed by atoms with Crippen LogP contribution in [-0.4, -0.2) is 50.2 Å². The van der Waals surface area contributed by atoms with Crippen molar-refractivity contribution in [1.82, 2.24) is 10.2 Å². The molecule has 1 saturated heterocycles. The zero-order valence-electron chi connectivity index (χ0n) is 10.9. The molecule has 0 radical (unpaired) electrons. The van der Waals surface area contributed by atoms with Gasteiger partial charge in [0.15, 0.2) is 0 Å². The van der Waals surface area contributed by atoms with Crippen molar-refractivity contribution in [1.29, 1.82) is 0 Å². The Morgan fingerprint density at radius 3 is 2.44 bits per heavy atom. The lowest BCUT2D eigenvalue weighted by Gasteiger charge is -2.26. The summed E-state index contributed by atoms with van der Waals surface area (Å²) in [6.45, 7) is 11.4. The van der Waals surface area contributed by atoms with Gasteiger partial charge in [0, 0.05) is 28.0 Å². The van der Waals surface area contributed by atoms with E-state index in [1.54, 1.807) is 6.92 Å². The van der Waals surface area contributed by atoms with Gasteiger partial charge in [-0.2, -0.15) is 0 Å². The Bertz CT molecular complexity index is 174. The second kappa shape index (κ2) is 10.9. The molecule has 16 heavy (non-hydrogen) atoms. The lowest BCUT2D eigenvalue weighted by molar-refractivity contribution is -0.118. The third-order valence-corrected chi connectivity index (χ3v) is 2.13. The van der Waals surface area contributed by atoms with E-state index in [2.05, 4.69) is 24.1 Å². The number of morpholine rings is 1. The first-order valence-corrected chi connectivity index (χ1v) is 6.25. The van der Waals surface area contributed by atoms with Crippen LogP contribution in [0.15, 0.2) is 0 Å². The highest BCUT2D eigenvalue weighted by atomic mass is 16.5. The quantitative estimate of drug-likeness (QED) is 0.747. The van der Waals surface area contributed by atoms with Crippen molar-refractivity contribution in [2.45, 2.75) is 33.6 Å². The second-order valence-corrected chi connectivity index (χ2v) is 4.00. The number of rotatable bonds is 4. The van der Waals surface area contributed by atoms with E-state index in [9.17, 15) is 4.79 Å². The SMILES string of the molecule is CC(=O)NCCCN1CCOCC1.CCC.[HH]. The summed E-state index contributed by atoms with van der Waals surface area (Å²) in [5.41, 5.74) is 0. The molecule has 1 aliphatic rings. The Labute approximate surface area is 101 Å². The van der Waals surface area contributed by atoms with Gasteiger partial charge in [0.1, 0.15) is 0 Å². The van der Waals surface area contributed by atoms with E-state index in [0.717, 1.165) is 45.8 Å². The normalized spacial score (nSPS) is 16.2. The van der Waals surface area contributed by atoms with E-state index in [4.69, 9.17) is 4.74 Å². The fourth-order valence-electron chi connectivity index (χ4n) is 1.39. The summed E-state index contributed by atoms with van der Waals surface area (Å²) >= 11 is 0. The molecule has 0 unspecified atom stereocenters. The van der Waals surface area contributed by atoms with Gasteiger partial charge in [-0.05, 0) is 13.0 Å².